The molecule has 3 nitrogen and oxygen atoms in total. The molecule has 1 aliphatic heterocycles. The highest BCUT2D eigenvalue weighted by Crippen LogP contribution is 2.32. The summed E-state index contributed by atoms with van der Waals surface area (Å²) in [6.45, 7) is 8.47. The van der Waals surface area contributed by atoms with E-state index in [1.54, 1.807) is 13.1 Å². The Bertz CT molecular complexity index is 407. The third-order valence-electron chi connectivity index (χ3n) is 3.41. The SMILES string of the molecule is C[C@H](O)c1ccnc(N2CCSC(C)(C)CC2)c1. The summed E-state index contributed by atoms with van der Waals surface area (Å²) in [7, 11) is 0. The number of aliphatic hydroxyl groups is 1. The summed E-state index contributed by atoms with van der Waals surface area (Å²) >= 11 is 2.03. The molecule has 0 aromatic carbocycles. The van der Waals surface area contributed by atoms with Crippen molar-refractivity contribution < 1.29 is 5.11 Å². The van der Waals surface area contributed by atoms with Crippen LogP contribution < -0.4 is 4.90 Å². The van der Waals surface area contributed by atoms with E-state index in [1.807, 2.05) is 23.9 Å². The first-order valence-corrected chi connectivity index (χ1v) is 7.49. The van der Waals surface area contributed by atoms with Crippen molar-refractivity contribution in [2.45, 2.75) is 38.0 Å². The largest absolute Gasteiger partial charge is 0.389 e. The van der Waals surface area contributed by atoms with Gasteiger partial charge >= 0.3 is 0 Å². The van der Waals surface area contributed by atoms with Crippen LogP contribution in [0, 0.1) is 0 Å². The third-order valence-corrected chi connectivity index (χ3v) is 4.79. The monoisotopic (exact) mass is 266 g/mol. The Morgan fingerprint density at radius 2 is 2.22 bits per heavy atom. The maximum absolute atomic E-state index is 9.63. The number of thioether (sulfide) groups is 1. The van der Waals surface area contributed by atoms with Gasteiger partial charge in [0.15, 0.2) is 0 Å². The average molecular weight is 266 g/mol. The van der Waals surface area contributed by atoms with Crippen molar-refractivity contribution in [1.82, 2.24) is 4.98 Å². The topological polar surface area (TPSA) is 36.4 Å². The lowest BCUT2D eigenvalue weighted by atomic mass is 10.1. The summed E-state index contributed by atoms with van der Waals surface area (Å²) in [4.78, 5) is 6.77. The van der Waals surface area contributed by atoms with Crippen molar-refractivity contribution in [3.63, 3.8) is 0 Å². The molecule has 100 valence electrons. The summed E-state index contributed by atoms with van der Waals surface area (Å²) in [5.74, 6) is 2.12. The second-order valence-corrected chi connectivity index (χ2v) is 7.27. The lowest BCUT2D eigenvalue weighted by Crippen LogP contribution is -2.27. The zero-order chi connectivity index (χ0) is 13.2. The number of aromatic nitrogens is 1. The van der Waals surface area contributed by atoms with E-state index in [4.69, 9.17) is 0 Å². The van der Waals surface area contributed by atoms with Crippen LogP contribution >= 0.6 is 11.8 Å². The maximum atomic E-state index is 9.63. The van der Waals surface area contributed by atoms with Gasteiger partial charge in [0.05, 0.1) is 6.10 Å². The van der Waals surface area contributed by atoms with Crippen LogP contribution in [0.3, 0.4) is 0 Å². The lowest BCUT2D eigenvalue weighted by Gasteiger charge is -2.23. The van der Waals surface area contributed by atoms with Gasteiger partial charge in [0, 0.05) is 29.8 Å². The molecule has 1 atom stereocenters. The molecule has 1 aromatic rings. The van der Waals surface area contributed by atoms with Crippen LogP contribution in [0.2, 0.25) is 0 Å². The van der Waals surface area contributed by atoms with E-state index < -0.39 is 6.10 Å². The summed E-state index contributed by atoms with van der Waals surface area (Å²) in [5, 5.41) is 9.63. The Kier molecular flexibility index (Phi) is 4.17. The molecule has 1 aromatic heterocycles. The molecule has 0 radical (unpaired) electrons. The molecule has 0 bridgehead atoms. The van der Waals surface area contributed by atoms with E-state index in [1.165, 1.54) is 0 Å². The molecule has 18 heavy (non-hydrogen) atoms. The summed E-state index contributed by atoms with van der Waals surface area (Å²) in [5.41, 5.74) is 0.941. The molecule has 1 saturated heterocycles. The van der Waals surface area contributed by atoms with Crippen molar-refractivity contribution in [2.24, 2.45) is 0 Å². The van der Waals surface area contributed by atoms with Crippen molar-refractivity contribution in [3.8, 4) is 0 Å². The number of hydrogen-bond donors (Lipinski definition) is 1. The van der Waals surface area contributed by atoms with Gasteiger partial charge in [-0.3, -0.25) is 0 Å². The van der Waals surface area contributed by atoms with Crippen LogP contribution in [0.15, 0.2) is 18.3 Å². The summed E-state index contributed by atoms with van der Waals surface area (Å²) < 4.78 is 0.358. The van der Waals surface area contributed by atoms with E-state index in [9.17, 15) is 5.11 Å². The highest BCUT2D eigenvalue weighted by molar-refractivity contribution is 8.00. The van der Waals surface area contributed by atoms with Gasteiger partial charge < -0.3 is 10.0 Å². The second kappa shape index (κ2) is 5.49. The number of nitrogens with zero attached hydrogens (tertiary/aromatic N) is 2. The van der Waals surface area contributed by atoms with Crippen LogP contribution in [-0.2, 0) is 0 Å². The first-order chi connectivity index (χ1) is 8.48. The van der Waals surface area contributed by atoms with E-state index in [0.29, 0.717) is 4.75 Å². The predicted molar refractivity (Wildman–Crippen MR) is 78.2 cm³/mol. The molecule has 0 unspecified atom stereocenters. The minimum atomic E-state index is -0.426. The van der Waals surface area contributed by atoms with Gasteiger partial charge in [0.1, 0.15) is 5.82 Å². The van der Waals surface area contributed by atoms with Gasteiger partial charge in [0.25, 0.3) is 0 Å². The zero-order valence-electron chi connectivity index (χ0n) is 11.4. The number of anilines is 1. The lowest BCUT2D eigenvalue weighted by molar-refractivity contribution is 0.199. The Balaban J connectivity index is 2.13. The highest BCUT2D eigenvalue weighted by atomic mass is 32.2. The fourth-order valence-corrected chi connectivity index (χ4v) is 3.22. The molecule has 1 N–H and O–H groups in total. The Hall–Kier alpha value is -0.740. The van der Waals surface area contributed by atoms with Crippen LogP contribution in [0.5, 0.6) is 0 Å². The molecule has 0 amide bonds. The normalized spacial score (nSPS) is 21.4. The molecular formula is C14H22N2OS. The van der Waals surface area contributed by atoms with Gasteiger partial charge in [-0.05, 0) is 31.0 Å². The molecule has 1 aliphatic rings. The van der Waals surface area contributed by atoms with Gasteiger partial charge in [-0.1, -0.05) is 13.8 Å². The number of pyridine rings is 1. The zero-order valence-corrected chi connectivity index (χ0v) is 12.2. The van der Waals surface area contributed by atoms with Crippen molar-refractivity contribution in [2.75, 3.05) is 23.7 Å². The molecular weight excluding hydrogens is 244 g/mol. The van der Waals surface area contributed by atoms with Gasteiger partial charge in [-0.2, -0.15) is 11.8 Å². The summed E-state index contributed by atoms with van der Waals surface area (Å²) in [6.07, 6.45) is 2.53. The standard InChI is InChI=1S/C14H22N2OS/c1-11(17)12-4-6-15-13(10-12)16-7-5-14(2,3)18-9-8-16/h4,6,10-11,17H,5,7-9H2,1-3H3/t11-/m0/s1. The quantitative estimate of drug-likeness (QED) is 0.893. The fraction of sp³-hybridized carbons (Fsp3) is 0.643. The highest BCUT2D eigenvalue weighted by Gasteiger charge is 2.24. The van der Waals surface area contributed by atoms with E-state index >= 15 is 0 Å². The first kappa shape index (κ1) is 13.7. The van der Waals surface area contributed by atoms with Crippen LogP contribution in [0.4, 0.5) is 5.82 Å². The van der Waals surface area contributed by atoms with Gasteiger partial charge in [0.2, 0.25) is 0 Å². The molecule has 2 heterocycles. The minimum absolute atomic E-state index is 0.358. The summed E-state index contributed by atoms with van der Waals surface area (Å²) in [6, 6.07) is 3.89. The van der Waals surface area contributed by atoms with E-state index in [2.05, 4.69) is 23.7 Å². The molecule has 2 rings (SSSR count). The van der Waals surface area contributed by atoms with Gasteiger partial charge in [-0.25, -0.2) is 4.98 Å². The number of aliphatic hydroxyl groups excluding tert-OH is 1. The van der Waals surface area contributed by atoms with Crippen molar-refractivity contribution in [3.05, 3.63) is 23.9 Å². The predicted octanol–water partition coefficient (Wildman–Crippen LogP) is 2.86. The van der Waals surface area contributed by atoms with Crippen molar-refractivity contribution in [1.29, 1.82) is 0 Å². The van der Waals surface area contributed by atoms with Crippen LogP contribution in [0.1, 0.15) is 38.9 Å². The minimum Gasteiger partial charge on any atom is -0.389 e. The Morgan fingerprint density at radius 3 is 2.94 bits per heavy atom. The third kappa shape index (κ3) is 3.39. The van der Waals surface area contributed by atoms with Gasteiger partial charge in [-0.15, -0.1) is 0 Å². The van der Waals surface area contributed by atoms with Crippen LogP contribution in [-0.4, -0.2) is 33.7 Å². The number of hydrogen-bond acceptors (Lipinski definition) is 4. The molecule has 4 heteroatoms. The smallest absolute Gasteiger partial charge is 0.128 e. The molecule has 0 spiro atoms. The molecule has 0 saturated carbocycles. The van der Waals surface area contributed by atoms with Crippen molar-refractivity contribution >= 4 is 17.6 Å². The number of rotatable bonds is 2. The maximum Gasteiger partial charge on any atom is 0.128 e. The Labute approximate surface area is 114 Å². The van der Waals surface area contributed by atoms with E-state index in [0.717, 1.165) is 36.6 Å². The van der Waals surface area contributed by atoms with Crippen LogP contribution in [0.25, 0.3) is 0 Å². The Morgan fingerprint density at radius 1 is 1.44 bits per heavy atom. The first-order valence-electron chi connectivity index (χ1n) is 6.51. The second-order valence-electron chi connectivity index (χ2n) is 5.47. The molecule has 0 aliphatic carbocycles. The fourth-order valence-electron chi connectivity index (χ4n) is 2.12. The van der Waals surface area contributed by atoms with E-state index in [-0.39, 0.29) is 0 Å². The molecule has 1 fully saturated rings. The average Bonchev–Trinajstić information content (AvgIpc) is 2.50.